The third-order valence-electron chi connectivity index (χ3n) is 3.71. The van der Waals surface area contributed by atoms with Crippen LogP contribution in [0.15, 0.2) is 47.6 Å². The van der Waals surface area contributed by atoms with Crippen molar-refractivity contribution in [1.29, 1.82) is 0 Å². The number of nitrogens with zero attached hydrogens (tertiary/aromatic N) is 4. The molecule has 1 fully saturated rings. The molecule has 0 amide bonds. The average molecular weight is 318 g/mol. The number of hydrogen-bond acceptors (Lipinski definition) is 5. The number of rotatable bonds is 3. The van der Waals surface area contributed by atoms with E-state index < -0.39 is 10.0 Å². The predicted octanol–water partition coefficient (Wildman–Crippen LogP) is 1.30. The smallest absolute Gasteiger partial charge is 0.244 e. The van der Waals surface area contributed by atoms with Crippen LogP contribution < -0.4 is 4.90 Å². The number of sulfonamides is 1. The van der Waals surface area contributed by atoms with Gasteiger partial charge in [-0.3, -0.25) is 4.98 Å². The van der Waals surface area contributed by atoms with Crippen LogP contribution in [-0.2, 0) is 10.0 Å². The van der Waals surface area contributed by atoms with Crippen molar-refractivity contribution < 1.29 is 8.42 Å². The first kappa shape index (κ1) is 14.9. The first-order chi connectivity index (χ1) is 10.6. The molecule has 0 N–H and O–H groups in total. The molecule has 2 aromatic heterocycles. The summed E-state index contributed by atoms with van der Waals surface area (Å²) < 4.78 is 26.6. The van der Waals surface area contributed by atoms with Gasteiger partial charge in [0, 0.05) is 44.3 Å². The Kier molecular flexibility index (Phi) is 4.08. The van der Waals surface area contributed by atoms with Gasteiger partial charge in [-0.25, -0.2) is 13.4 Å². The summed E-state index contributed by atoms with van der Waals surface area (Å²) >= 11 is 0. The van der Waals surface area contributed by atoms with Crippen LogP contribution in [0.4, 0.5) is 5.82 Å². The van der Waals surface area contributed by atoms with Gasteiger partial charge in [-0.15, -0.1) is 0 Å². The van der Waals surface area contributed by atoms with E-state index in [1.165, 1.54) is 10.5 Å². The van der Waals surface area contributed by atoms with E-state index >= 15 is 0 Å². The van der Waals surface area contributed by atoms with Crippen LogP contribution in [0.3, 0.4) is 0 Å². The third kappa shape index (κ3) is 2.95. The quantitative estimate of drug-likeness (QED) is 0.853. The lowest BCUT2D eigenvalue weighted by molar-refractivity contribution is 0.383. The lowest BCUT2D eigenvalue weighted by Crippen LogP contribution is -2.48. The van der Waals surface area contributed by atoms with Crippen molar-refractivity contribution in [3.63, 3.8) is 0 Å². The SMILES string of the molecule is Cc1cccc(N2CCN(S(=O)(=O)c3cccnc3)CC2)n1. The van der Waals surface area contributed by atoms with Crippen molar-refractivity contribution in [2.45, 2.75) is 11.8 Å². The van der Waals surface area contributed by atoms with E-state index in [1.54, 1.807) is 18.3 Å². The van der Waals surface area contributed by atoms with E-state index in [0.717, 1.165) is 11.5 Å². The van der Waals surface area contributed by atoms with Crippen LogP contribution in [0.2, 0.25) is 0 Å². The first-order valence-corrected chi connectivity index (χ1v) is 8.60. The molecule has 0 aromatic carbocycles. The minimum absolute atomic E-state index is 0.247. The van der Waals surface area contributed by atoms with Crippen molar-refractivity contribution in [3.05, 3.63) is 48.4 Å². The highest BCUT2D eigenvalue weighted by Gasteiger charge is 2.28. The number of pyridine rings is 2. The molecule has 0 atom stereocenters. The van der Waals surface area contributed by atoms with E-state index in [2.05, 4.69) is 14.9 Å². The van der Waals surface area contributed by atoms with Crippen LogP contribution >= 0.6 is 0 Å². The molecule has 0 saturated carbocycles. The van der Waals surface area contributed by atoms with Crippen molar-refractivity contribution in [3.8, 4) is 0 Å². The number of hydrogen-bond donors (Lipinski definition) is 0. The average Bonchev–Trinajstić information content (AvgIpc) is 2.56. The van der Waals surface area contributed by atoms with E-state index in [4.69, 9.17) is 0 Å². The number of aryl methyl sites for hydroxylation is 1. The molecule has 0 aliphatic carbocycles. The van der Waals surface area contributed by atoms with Crippen molar-refractivity contribution in [1.82, 2.24) is 14.3 Å². The van der Waals surface area contributed by atoms with Gasteiger partial charge < -0.3 is 4.90 Å². The number of aromatic nitrogens is 2. The summed E-state index contributed by atoms with van der Waals surface area (Å²) in [5.74, 6) is 0.901. The Morgan fingerprint density at radius 3 is 2.45 bits per heavy atom. The summed E-state index contributed by atoms with van der Waals surface area (Å²) in [5.41, 5.74) is 0.961. The molecule has 2 aromatic rings. The molecule has 0 unspecified atom stereocenters. The first-order valence-electron chi connectivity index (χ1n) is 7.16. The molecule has 116 valence electrons. The largest absolute Gasteiger partial charge is 0.354 e. The van der Waals surface area contributed by atoms with Gasteiger partial charge in [0.25, 0.3) is 0 Å². The van der Waals surface area contributed by atoms with Gasteiger partial charge in [-0.05, 0) is 31.2 Å². The van der Waals surface area contributed by atoms with Crippen molar-refractivity contribution in [2.75, 3.05) is 31.1 Å². The van der Waals surface area contributed by atoms with Crippen molar-refractivity contribution in [2.24, 2.45) is 0 Å². The van der Waals surface area contributed by atoms with Crippen LogP contribution in [0.1, 0.15) is 5.69 Å². The summed E-state index contributed by atoms with van der Waals surface area (Å²) in [5, 5.41) is 0. The van der Waals surface area contributed by atoms with Crippen molar-refractivity contribution >= 4 is 15.8 Å². The molecule has 3 rings (SSSR count). The zero-order valence-electron chi connectivity index (χ0n) is 12.4. The van der Waals surface area contributed by atoms with Gasteiger partial charge in [-0.1, -0.05) is 6.07 Å². The highest BCUT2D eigenvalue weighted by Crippen LogP contribution is 2.19. The summed E-state index contributed by atoms with van der Waals surface area (Å²) in [6, 6.07) is 9.10. The van der Waals surface area contributed by atoms with E-state index in [9.17, 15) is 8.42 Å². The minimum Gasteiger partial charge on any atom is -0.354 e. The van der Waals surface area contributed by atoms with E-state index in [0.29, 0.717) is 26.2 Å². The molecule has 22 heavy (non-hydrogen) atoms. The molecule has 1 saturated heterocycles. The maximum Gasteiger partial charge on any atom is 0.244 e. The Labute approximate surface area is 130 Å². The maximum absolute atomic E-state index is 12.5. The van der Waals surface area contributed by atoms with E-state index in [1.807, 2.05) is 25.1 Å². The van der Waals surface area contributed by atoms with Gasteiger partial charge in [0.05, 0.1) is 0 Å². The third-order valence-corrected chi connectivity index (χ3v) is 5.59. The molecule has 1 aliphatic heterocycles. The predicted molar refractivity (Wildman–Crippen MR) is 84.2 cm³/mol. The molecule has 3 heterocycles. The molecule has 7 heteroatoms. The highest BCUT2D eigenvalue weighted by atomic mass is 32.2. The minimum atomic E-state index is -3.45. The fourth-order valence-corrected chi connectivity index (χ4v) is 3.90. The fourth-order valence-electron chi connectivity index (χ4n) is 2.51. The van der Waals surface area contributed by atoms with Gasteiger partial charge in [0.15, 0.2) is 0 Å². The second-order valence-corrected chi connectivity index (χ2v) is 7.15. The molecule has 0 spiro atoms. The summed E-state index contributed by atoms with van der Waals surface area (Å²) in [6.07, 6.45) is 2.96. The molecule has 1 aliphatic rings. The fraction of sp³-hybridized carbons (Fsp3) is 0.333. The van der Waals surface area contributed by atoms with Gasteiger partial charge in [0.1, 0.15) is 10.7 Å². The number of anilines is 1. The summed E-state index contributed by atoms with van der Waals surface area (Å²) in [6.45, 7) is 4.12. The normalized spacial score (nSPS) is 16.7. The van der Waals surface area contributed by atoms with Crippen LogP contribution in [0, 0.1) is 6.92 Å². The summed E-state index contributed by atoms with van der Waals surface area (Å²) in [7, 11) is -3.45. The zero-order valence-corrected chi connectivity index (χ0v) is 13.2. The molecule has 0 bridgehead atoms. The maximum atomic E-state index is 12.5. The monoisotopic (exact) mass is 318 g/mol. The topological polar surface area (TPSA) is 66.4 Å². The standard InChI is InChI=1S/C15H18N4O2S/c1-13-4-2-6-15(17-13)18-8-10-19(11-9-18)22(20,21)14-5-3-7-16-12-14/h2-7,12H,8-11H2,1H3. The van der Waals surface area contributed by atoms with Gasteiger partial charge >= 0.3 is 0 Å². The Balaban J connectivity index is 1.72. The Bertz CT molecular complexity index is 741. The summed E-state index contributed by atoms with van der Waals surface area (Å²) in [4.78, 5) is 10.7. The molecular weight excluding hydrogens is 300 g/mol. The van der Waals surface area contributed by atoms with Gasteiger partial charge in [-0.2, -0.15) is 4.31 Å². The lowest BCUT2D eigenvalue weighted by atomic mass is 10.3. The van der Waals surface area contributed by atoms with E-state index in [-0.39, 0.29) is 4.90 Å². The Morgan fingerprint density at radius 1 is 1.05 bits per heavy atom. The van der Waals surface area contributed by atoms with Gasteiger partial charge in [0.2, 0.25) is 10.0 Å². The highest BCUT2D eigenvalue weighted by molar-refractivity contribution is 7.89. The second-order valence-electron chi connectivity index (χ2n) is 5.22. The van der Waals surface area contributed by atoms with Crippen LogP contribution in [-0.4, -0.2) is 48.9 Å². The molecular formula is C15H18N4O2S. The lowest BCUT2D eigenvalue weighted by Gasteiger charge is -2.34. The second kappa shape index (κ2) is 6.02. The molecule has 6 nitrogen and oxygen atoms in total. The number of piperazine rings is 1. The van der Waals surface area contributed by atoms with Crippen LogP contribution in [0.25, 0.3) is 0 Å². The Hall–Kier alpha value is -1.99. The van der Waals surface area contributed by atoms with Crippen LogP contribution in [0.5, 0.6) is 0 Å². The molecule has 0 radical (unpaired) electrons. The zero-order chi connectivity index (χ0) is 15.6. The Morgan fingerprint density at radius 2 is 1.82 bits per heavy atom.